The first-order valence-corrected chi connectivity index (χ1v) is 9.53. The minimum atomic E-state index is -0.867. The summed E-state index contributed by atoms with van der Waals surface area (Å²) in [5.74, 6) is 0.339. The Bertz CT molecular complexity index is 941. The number of nitrogens with one attached hydrogen (secondary N) is 1. The number of aromatic carboxylic acids is 1. The Hall–Kier alpha value is -3.06. The van der Waals surface area contributed by atoms with Crippen LogP contribution in [0.4, 0.5) is 0 Å². The number of carboxylic acids is 1. The molecule has 3 heterocycles. The molecule has 1 aromatic carbocycles. The Morgan fingerprint density at radius 3 is 3.00 bits per heavy atom. The predicted octanol–water partition coefficient (Wildman–Crippen LogP) is 3.02. The molecule has 0 bridgehead atoms. The molecular weight excluding hydrogens is 354 g/mol. The normalized spacial score (nSPS) is 17.5. The number of nitrogens with zero attached hydrogens (tertiary/aromatic N) is 4. The first-order chi connectivity index (χ1) is 13.7. The molecule has 0 radical (unpaired) electrons. The van der Waals surface area contributed by atoms with Crippen molar-refractivity contribution in [3.05, 3.63) is 65.9 Å². The Kier molecular flexibility index (Phi) is 5.43. The maximum atomic E-state index is 11.5. The van der Waals surface area contributed by atoms with Gasteiger partial charge in [0.1, 0.15) is 5.69 Å². The summed E-state index contributed by atoms with van der Waals surface area (Å²) in [5, 5.41) is 9.40. The molecule has 0 spiro atoms. The van der Waals surface area contributed by atoms with Crippen molar-refractivity contribution < 1.29 is 9.90 Å². The minimum absolute atomic E-state index is 0.390. The van der Waals surface area contributed by atoms with Crippen molar-refractivity contribution in [2.24, 2.45) is 5.92 Å². The molecule has 3 aromatic rings. The number of hydrogen-bond acceptors (Lipinski definition) is 5. The number of imidazole rings is 1. The second-order valence-corrected chi connectivity index (χ2v) is 7.24. The lowest BCUT2D eigenvalue weighted by molar-refractivity contribution is 0.0693. The van der Waals surface area contributed by atoms with Gasteiger partial charge in [-0.3, -0.25) is 9.88 Å². The third kappa shape index (κ3) is 4.26. The maximum Gasteiger partial charge on any atom is 0.336 e. The smallest absolute Gasteiger partial charge is 0.336 e. The largest absolute Gasteiger partial charge is 0.478 e. The summed E-state index contributed by atoms with van der Waals surface area (Å²) in [6.45, 7) is 2.58. The number of carbonyl (C=O) groups is 1. The van der Waals surface area contributed by atoms with Gasteiger partial charge in [-0.1, -0.05) is 18.2 Å². The van der Waals surface area contributed by atoms with E-state index in [-0.39, 0.29) is 0 Å². The van der Waals surface area contributed by atoms with Crippen molar-refractivity contribution in [3.63, 3.8) is 0 Å². The van der Waals surface area contributed by atoms with Gasteiger partial charge in [-0.05, 0) is 43.4 Å². The van der Waals surface area contributed by atoms with Gasteiger partial charge in [-0.25, -0.2) is 14.8 Å². The second-order valence-electron chi connectivity index (χ2n) is 7.24. The maximum absolute atomic E-state index is 11.5. The lowest BCUT2D eigenvalue weighted by Gasteiger charge is -2.33. The number of benzene rings is 1. The van der Waals surface area contributed by atoms with Crippen molar-refractivity contribution in [2.75, 3.05) is 13.1 Å². The molecule has 1 fully saturated rings. The molecule has 1 saturated heterocycles. The molecule has 4 rings (SSSR count). The van der Waals surface area contributed by atoms with Gasteiger partial charge < -0.3 is 10.1 Å². The van der Waals surface area contributed by atoms with Crippen molar-refractivity contribution in [3.8, 4) is 11.5 Å². The SMILES string of the molecule is O=C(O)c1ccccc1CN1CCCC(Cc2cncc(-c3ncc[nH]3)n2)C1. The highest BCUT2D eigenvalue weighted by molar-refractivity contribution is 5.89. The summed E-state index contributed by atoms with van der Waals surface area (Å²) in [7, 11) is 0. The Balaban J connectivity index is 1.42. The molecule has 1 aliphatic rings. The molecule has 7 heteroatoms. The molecule has 0 saturated carbocycles. The molecule has 0 aliphatic carbocycles. The molecule has 2 N–H and O–H groups in total. The third-order valence-corrected chi connectivity index (χ3v) is 5.17. The van der Waals surface area contributed by atoms with E-state index < -0.39 is 5.97 Å². The minimum Gasteiger partial charge on any atom is -0.478 e. The van der Waals surface area contributed by atoms with E-state index in [0.717, 1.165) is 55.1 Å². The van der Waals surface area contributed by atoms with E-state index in [0.29, 0.717) is 18.0 Å². The van der Waals surface area contributed by atoms with Gasteiger partial charge >= 0.3 is 5.97 Å². The van der Waals surface area contributed by atoms with Gasteiger partial charge in [0, 0.05) is 31.7 Å². The quantitative estimate of drug-likeness (QED) is 0.686. The van der Waals surface area contributed by atoms with Gasteiger partial charge in [0.05, 0.1) is 17.5 Å². The fraction of sp³-hybridized carbons (Fsp3) is 0.333. The summed E-state index contributed by atoms with van der Waals surface area (Å²) in [6.07, 6.45) is 10.1. The molecule has 28 heavy (non-hydrogen) atoms. The number of H-pyrrole nitrogens is 1. The first-order valence-electron chi connectivity index (χ1n) is 9.53. The lowest BCUT2D eigenvalue weighted by atomic mass is 9.93. The van der Waals surface area contributed by atoms with Crippen LogP contribution in [-0.4, -0.2) is 49.0 Å². The lowest BCUT2D eigenvalue weighted by Crippen LogP contribution is -2.36. The Labute approximate surface area is 163 Å². The van der Waals surface area contributed by atoms with Crippen LogP contribution >= 0.6 is 0 Å². The fourth-order valence-corrected chi connectivity index (χ4v) is 3.89. The van der Waals surface area contributed by atoms with Crippen LogP contribution in [0.15, 0.2) is 49.1 Å². The van der Waals surface area contributed by atoms with Crippen molar-refractivity contribution in [1.29, 1.82) is 0 Å². The molecular formula is C21H23N5O2. The van der Waals surface area contributed by atoms with Crippen molar-refractivity contribution in [1.82, 2.24) is 24.8 Å². The summed E-state index contributed by atoms with van der Waals surface area (Å²) in [6, 6.07) is 7.26. The average molecular weight is 377 g/mol. The van der Waals surface area contributed by atoms with Gasteiger partial charge in [0.15, 0.2) is 5.82 Å². The summed E-state index contributed by atoms with van der Waals surface area (Å²) in [5.41, 5.74) is 2.98. The zero-order chi connectivity index (χ0) is 19.3. The fourth-order valence-electron chi connectivity index (χ4n) is 3.89. The number of aromatic amines is 1. The van der Waals surface area contributed by atoms with Gasteiger partial charge in [0.25, 0.3) is 0 Å². The monoisotopic (exact) mass is 377 g/mol. The van der Waals surface area contributed by atoms with E-state index in [1.54, 1.807) is 30.7 Å². The summed E-state index contributed by atoms with van der Waals surface area (Å²) < 4.78 is 0. The van der Waals surface area contributed by atoms with Crippen LogP contribution in [0.1, 0.15) is 34.5 Å². The number of rotatable bonds is 6. The third-order valence-electron chi connectivity index (χ3n) is 5.17. The standard InChI is InChI=1S/C21H23N5O2/c27-21(28)18-6-2-1-5-16(18)14-26-9-3-4-15(13-26)10-17-11-22-12-19(25-17)20-23-7-8-24-20/h1-2,5-8,11-12,15H,3-4,9-10,13-14H2,(H,23,24)(H,27,28). The number of aromatic nitrogens is 4. The molecule has 1 atom stereocenters. The van der Waals surface area contributed by atoms with Crippen LogP contribution < -0.4 is 0 Å². The van der Waals surface area contributed by atoms with Gasteiger partial charge in [-0.15, -0.1) is 0 Å². The zero-order valence-corrected chi connectivity index (χ0v) is 15.6. The van der Waals surface area contributed by atoms with E-state index in [1.165, 1.54) is 0 Å². The van der Waals surface area contributed by atoms with Gasteiger partial charge in [0.2, 0.25) is 0 Å². The number of piperidine rings is 1. The highest BCUT2D eigenvalue weighted by atomic mass is 16.4. The average Bonchev–Trinajstić information content (AvgIpc) is 3.24. The number of likely N-dealkylation sites (tertiary alicyclic amines) is 1. The Morgan fingerprint density at radius 2 is 2.18 bits per heavy atom. The van der Waals surface area contributed by atoms with Crippen molar-refractivity contribution >= 4 is 5.97 Å². The highest BCUT2D eigenvalue weighted by Gasteiger charge is 2.22. The van der Waals surface area contributed by atoms with E-state index in [9.17, 15) is 9.90 Å². The van der Waals surface area contributed by atoms with Crippen LogP contribution in [0, 0.1) is 5.92 Å². The summed E-state index contributed by atoms with van der Waals surface area (Å²) in [4.78, 5) is 30.1. The highest BCUT2D eigenvalue weighted by Crippen LogP contribution is 2.23. The number of hydrogen-bond donors (Lipinski definition) is 2. The van der Waals surface area contributed by atoms with Crippen LogP contribution in [0.25, 0.3) is 11.5 Å². The number of carboxylic acid groups (broad SMARTS) is 1. The van der Waals surface area contributed by atoms with Crippen LogP contribution in [0.3, 0.4) is 0 Å². The molecule has 7 nitrogen and oxygen atoms in total. The molecule has 2 aromatic heterocycles. The molecule has 1 unspecified atom stereocenters. The van der Waals surface area contributed by atoms with E-state index in [2.05, 4.69) is 19.9 Å². The predicted molar refractivity (Wildman–Crippen MR) is 105 cm³/mol. The zero-order valence-electron chi connectivity index (χ0n) is 15.6. The van der Waals surface area contributed by atoms with Crippen LogP contribution in [0.2, 0.25) is 0 Å². The van der Waals surface area contributed by atoms with Crippen molar-refractivity contribution in [2.45, 2.75) is 25.8 Å². The molecule has 0 amide bonds. The van der Waals surface area contributed by atoms with E-state index >= 15 is 0 Å². The second kappa shape index (κ2) is 8.31. The van der Waals surface area contributed by atoms with Crippen LogP contribution in [0.5, 0.6) is 0 Å². The topological polar surface area (TPSA) is 95.0 Å². The Morgan fingerprint density at radius 1 is 1.29 bits per heavy atom. The van der Waals surface area contributed by atoms with E-state index in [1.807, 2.05) is 18.3 Å². The molecule has 1 aliphatic heterocycles. The van der Waals surface area contributed by atoms with E-state index in [4.69, 9.17) is 4.98 Å². The summed E-state index contributed by atoms with van der Waals surface area (Å²) >= 11 is 0. The van der Waals surface area contributed by atoms with Gasteiger partial charge in [-0.2, -0.15) is 0 Å². The van der Waals surface area contributed by atoms with Crippen LogP contribution in [-0.2, 0) is 13.0 Å². The molecule has 144 valence electrons. The first kappa shape index (κ1) is 18.3.